The second-order valence-electron chi connectivity index (χ2n) is 9.34. The van der Waals surface area contributed by atoms with Gasteiger partial charge in [-0.15, -0.1) is 0 Å². The van der Waals surface area contributed by atoms with Crippen LogP contribution in [0.15, 0.2) is 57.9 Å². The summed E-state index contributed by atoms with van der Waals surface area (Å²) in [6.07, 6.45) is 8.12. The van der Waals surface area contributed by atoms with Crippen LogP contribution in [0.25, 0.3) is 0 Å². The van der Waals surface area contributed by atoms with Gasteiger partial charge in [-0.05, 0) is 82.6 Å². The number of carbonyl (C=O) groups excluding carboxylic acids is 1. The zero-order valence-electron chi connectivity index (χ0n) is 19.0. The molecule has 0 radical (unpaired) electrons. The number of pyridine rings is 2. The number of benzene rings is 1. The highest BCUT2D eigenvalue weighted by atomic mass is 79.9. The lowest BCUT2D eigenvalue weighted by Gasteiger charge is -2.52. The summed E-state index contributed by atoms with van der Waals surface area (Å²) in [7, 11) is 0. The molecule has 1 aromatic carbocycles. The van der Waals surface area contributed by atoms with Gasteiger partial charge >= 0.3 is 0 Å². The average molecular weight is 621 g/mol. The fourth-order valence-electron chi connectivity index (χ4n) is 5.40. The first kappa shape index (κ1) is 24.8. The highest BCUT2D eigenvalue weighted by Gasteiger charge is 2.43. The minimum Gasteiger partial charge on any atom is -0.632 e. The molecule has 3 unspecified atom stereocenters. The van der Waals surface area contributed by atoms with Crippen molar-refractivity contribution in [2.75, 3.05) is 13.1 Å². The molecule has 1 fully saturated rings. The Morgan fingerprint density at radius 1 is 1.20 bits per heavy atom. The Labute approximate surface area is 226 Å². The number of hydrogen-bond donors (Lipinski definition) is 1. The Bertz CT molecular complexity index is 1260. The van der Waals surface area contributed by atoms with Crippen LogP contribution >= 0.6 is 43.5 Å². The predicted molar refractivity (Wildman–Crippen MR) is 143 cm³/mol. The normalized spacial score (nSPS) is 23.7. The molecule has 2 aromatic heterocycles. The van der Waals surface area contributed by atoms with Gasteiger partial charge in [0.05, 0.1) is 19.0 Å². The number of carbonyl (C=O) groups is 1. The fraction of sp³-hybridized carbons (Fsp3) is 0.346. The minimum absolute atomic E-state index is 0.0834. The zero-order valence-corrected chi connectivity index (χ0v) is 22.9. The second kappa shape index (κ2) is 10.3. The van der Waals surface area contributed by atoms with Gasteiger partial charge in [0.25, 0.3) is 0 Å². The number of nitrogens with one attached hydrogen (secondary N) is 1. The smallest absolute Gasteiger partial charge is 0.229 e. The van der Waals surface area contributed by atoms with Crippen LogP contribution < -0.4 is 5.32 Å². The van der Waals surface area contributed by atoms with E-state index in [1.165, 1.54) is 0 Å². The summed E-state index contributed by atoms with van der Waals surface area (Å²) in [6.45, 7) is 1.04. The van der Waals surface area contributed by atoms with Crippen LogP contribution in [-0.4, -0.2) is 33.6 Å². The maximum atomic E-state index is 14.7. The molecule has 0 spiro atoms. The van der Waals surface area contributed by atoms with E-state index in [4.69, 9.17) is 16.6 Å². The van der Waals surface area contributed by atoms with E-state index >= 15 is 0 Å². The number of rotatable bonds is 4. The molecule has 1 aliphatic heterocycles. The molecule has 3 atom stereocenters. The predicted octanol–water partition coefficient (Wildman–Crippen LogP) is 5.88. The van der Waals surface area contributed by atoms with E-state index in [-0.39, 0.29) is 18.4 Å². The van der Waals surface area contributed by atoms with Crippen LogP contribution in [0.2, 0.25) is 5.02 Å². The Hall–Kier alpha value is -1.84. The van der Waals surface area contributed by atoms with Gasteiger partial charge in [0.15, 0.2) is 6.04 Å². The lowest BCUT2D eigenvalue weighted by atomic mass is 9.90. The first-order valence-electron chi connectivity index (χ1n) is 11.7. The molecule has 5 rings (SSSR count). The van der Waals surface area contributed by atoms with Gasteiger partial charge in [-0.25, -0.2) is 0 Å². The molecule has 9 heteroatoms. The van der Waals surface area contributed by atoms with E-state index in [1.54, 1.807) is 18.6 Å². The van der Waals surface area contributed by atoms with Gasteiger partial charge < -0.3 is 15.2 Å². The molecule has 1 amide bonds. The number of aromatic nitrogens is 2. The van der Waals surface area contributed by atoms with Crippen molar-refractivity contribution >= 4 is 49.4 Å². The number of piperidine rings is 1. The number of fused-ring (bicyclic) bond motifs is 2. The monoisotopic (exact) mass is 618 g/mol. The lowest BCUT2D eigenvalue weighted by Crippen LogP contribution is -2.55. The molecular weight excluding hydrogens is 596 g/mol. The summed E-state index contributed by atoms with van der Waals surface area (Å²) in [5.41, 5.74) is 4.78. The van der Waals surface area contributed by atoms with Crippen molar-refractivity contribution in [3.8, 4) is 0 Å². The summed E-state index contributed by atoms with van der Waals surface area (Å²) in [5.74, 6) is -0.450. The highest BCUT2D eigenvalue weighted by molar-refractivity contribution is 9.10. The van der Waals surface area contributed by atoms with Crippen LogP contribution in [0.1, 0.15) is 46.8 Å². The summed E-state index contributed by atoms with van der Waals surface area (Å²) in [6, 6.07) is 9.11. The van der Waals surface area contributed by atoms with Crippen LogP contribution in [0.3, 0.4) is 0 Å². The Morgan fingerprint density at radius 3 is 2.83 bits per heavy atom. The van der Waals surface area contributed by atoms with Gasteiger partial charge in [0, 0.05) is 44.7 Å². The number of aryl methyl sites for hydroxylation is 2. The van der Waals surface area contributed by atoms with Gasteiger partial charge in [-0.1, -0.05) is 33.6 Å². The molecule has 2 aliphatic rings. The minimum atomic E-state index is -0.531. The molecule has 0 saturated carbocycles. The van der Waals surface area contributed by atoms with E-state index in [0.29, 0.717) is 31.0 Å². The van der Waals surface area contributed by atoms with E-state index in [9.17, 15) is 10.0 Å². The summed E-state index contributed by atoms with van der Waals surface area (Å²) < 4.78 is 1.20. The van der Waals surface area contributed by atoms with Crippen molar-refractivity contribution in [2.45, 2.75) is 38.3 Å². The maximum absolute atomic E-state index is 14.7. The molecular formula is C26H25Br2ClN4O2. The number of quaternary nitrogens is 1. The standard InChI is InChI=1S/C26H25Br2ClN4O2/c27-20-9-18-6-5-17-10-21(29)11-22(28)23(17)25(24(18)31-14-20)33(35)8-2-4-19(15-33)26(34)32-13-16-3-1-7-30-12-16/h1,3,7,9-12,14,19,25H,2,4-6,8,13,15H2,(H,32,34). The SMILES string of the molecule is O=C(NCc1cccnc1)C1CCC[N+]([O-])(C2c3ncc(Br)cc3CCc3cc(Cl)cc(Br)c32)C1. The molecule has 0 bridgehead atoms. The van der Waals surface area contributed by atoms with Crippen LogP contribution in [0.4, 0.5) is 0 Å². The Morgan fingerprint density at radius 2 is 2.03 bits per heavy atom. The van der Waals surface area contributed by atoms with Gasteiger partial charge in [-0.3, -0.25) is 14.8 Å². The summed E-state index contributed by atoms with van der Waals surface area (Å²) in [4.78, 5) is 22.0. The molecule has 3 heterocycles. The van der Waals surface area contributed by atoms with Crippen molar-refractivity contribution in [1.82, 2.24) is 15.3 Å². The fourth-order valence-corrected chi connectivity index (χ4v) is 6.87. The van der Waals surface area contributed by atoms with Gasteiger partial charge in [0.2, 0.25) is 5.91 Å². The van der Waals surface area contributed by atoms with Crippen molar-refractivity contribution in [1.29, 1.82) is 0 Å². The lowest BCUT2D eigenvalue weighted by molar-refractivity contribution is -0.912. The number of likely N-dealkylation sites (tertiary alicyclic amines) is 1. The van der Waals surface area contributed by atoms with Crippen molar-refractivity contribution in [3.05, 3.63) is 96.0 Å². The largest absolute Gasteiger partial charge is 0.632 e. The average Bonchev–Trinajstić information content (AvgIpc) is 3.00. The summed E-state index contributed by atoms with van der Waals surface area (Å²) in [5, 5.41) is 18.4. The van der Waals surface area contributed by atoms with Crippen molar-refractivity contribution < 1.29 is 9.44 Å². The topological polar surface area (TPSA) is 77.9 Å². The molecule has 35 heavy (non-hydrogen) atoms. The van der Waals surface area contributed by atoms with Crippen LogP contribution in [-0.2, 0) is 24.2 Å². The zero-order chi connectivity index (χ0) is 24.6. The molecule has 1 aliphatic carbocycles. The molecule has 182 valence electrons. The van der Waals surface area contributed by atoms with Crippen molar-refractivity contribution in [2.24, 2.45) is 5.92 Å². The number of hydrogen-bond acceptors (Lipinski definition) is 4. The van der Waals surface area contributed by atoms with Crippen LogP contribution in [0, 0.1) is 11.1 Å². The van der Waals surface area contributed by atoms with Crippen molar-refractivity contribution in [3.63, 3.8) is 0 Å². The van der Waals surface area contributed by atoms with E-state index < -0.39 is 10.7 Å². The molecule has 6 nitrogen and oxygen atoms in total. The third-order valence-corrected chi connectivity index (χ3v) is 8.30. The highest BCUT2D eigenvalue weighted by Crippen LogP contribution is 2.46. The first-order valence-corrected chi connectivity index (χ1v) is 13.7. The number of nitrogens with zero attached hydrogens (tertiary/aromatic N) is 3. The number of hydroxylamine groups is 3. The Balaban J connectivity index is 1.49. The van der Waals surface area contributed by atoms with Crippen LogP contribution in [0.5, 0.6) is 0 Å². The van der Waals surface area contributed by atoms with E-state index in [2.05, 4.69) is 48.2 Å². The number of amides is 1. The quantitative estimate of drug-likeness (QED) is 0.292. The molecule has 1 saturated heterocycles. The van der Waals surface area contributed by atoms with E-state index in [0.717, 1.165) is 49.7 Å². The molecule has 1 N–H and O–H groups in total. The third kappa shape index (κ3) is 5.18. The second-order valence-corrected chi connectivity index (χ2v) is 11.5. The first-order chi connectivity index (χ1) is 16.8. The van der Waals surface area contributed by atoms with Gasteiger partial charge in [-0.2, -0.15) is 0 Å². The Kier molecular flexibility index (Phi) is 7.28. The maximum Gasteiger partial charge on any atom is 0.229 e. The third-order valence-electron chi connectivity index (χ3n) is 6.99. The van der Waals surface area contributed by atoms with Gasteiger partial charge in [0.1, 0.15) is 5.69 Å². The van der Waals surface area contributed by atoms with E-state index in [1.807, 2.05) is 24.3 Å². The molecule has 3 aromatic rings. The summed E-state index contributed by atoms with van der Waals surface area (Å²) >= 11 is 13.6. The number of halogens is 3.